The van der Waals surface area contributed by atoms with Crippen molar-refractivity contribution in [3.63, 3.8) is 0 Å². The van der Waals surface area contributed by atoms with Crippen LogP contribution in [0.5, 0.6) is 5.88 Å². The fraction of sp³-hybridized carbons (Fsp3) is 0.556. The zero-order valence-electron chi connectivity index (χ0n) is 7.83. The van der Waals surface area contributed by atoms with Gasteiger partial charge in [-0.25, -0.2) is 4.98 Å². The van der Waals surface area contributed by atoms with Crippen LogP contribution in [0.15, 0.2) is 12.4 Å². The molecule has 0 fully saturated rings. The lowest BCUT2D eigenvalue weighted by Gasteiger charge is -2.04. The summed E-state index contributed by atoms with van der Waals surface area (Å²) in [4.78, 5) is 8.75. The van der Waals surface area contributed by atoms with Gasteiger partial charge in [0.1, 0.15) is 0 Å². The SMILES string of the molecule is CCOc1cncc(CC(C)Br)n1. The van der Waals surface area contributed by atoms with E-state index in [1.165, 1.54) is 0 Å². The molecule has 0 aromatic carbocycles. The Hall–Kier alpha value is -0.640. The summed E-state index contributed by atoms with van der Waals surface area (Å²) in [6, 6.07) is 0. The molecule has 0 aliphatic carbocycles. The van der Waals surface area contributed by atoms with Gasteiger partial charge in [-0.3, -0.25) is 4.98 Å². The number of ether oxygens (including phenoxy) is 1. The highest BCUT2D eigenvalue weighted by Crippen LogP contribution is 2.09. The lowest BCUT2D eigenvalue weighted by Crippen LogP contribution is -2.02. The molecule has 1 heterocycles. The van der Waals surface area contributed by atoms with E-state index in [1.54, 1.807) is 12.4 Å². The third kappa shape index (κ3) is 3.72. The Morgan fingerprint density at radius 2 is 2.31 bits per heavy atom. The molecule has 0 amide bonds. The van der Waals surface area contributed by atoms with Gasteiger partial charge in [-0.2, -0.15) is 0 Å². The first-order valence-corrected chi connectivity index (χ1v) is 5.21. The summed E-state index contributed by atoms with van der Waals surface area (Å²) >= 11 is 3.47. The molecule has 0 saturated heterocycles. The summed E-state index contributed by atoms with van der Waals surface area (Å²) in [5.74, 6) is 0.605. The Morgan fingerprint density at radius 3 is 2.92 bits per heavy atom. The fourth-order valence-corrected chi connectivity index (χ4v) is 1.32. The molecule has 3 nitrogen and oxygen atoms in total. The van der Waals surface area contributed by atoms with Crippen molar-refractivity contribution < 1.29 is 4.74 Å². The summed E-state index contributed by atoms with van der Waals surface area (Å²) in [7, 11) is 0. The van der Waals surface area contributed by atoms with Gasteiger partial charge in [0.15, 0.2) is 0 Å². The van der Waals surface area contributed by atoms with Crippen LogP contribution in [-0.4, -0.2) is 21.4 Å². The number of hydrogen-bond acceptors (Lipinski definition) is 3. The standard InChI is InChI=1S/C9H13BrN2O/c1-3-13-9-6-11-5-8(12-9)4-7(2)10/h5-7H,3-4H2,1-2H3. The monoisotopic (exact) mass is 244 g/mol. The quantitative estimate of drug-likeness (QED) is 0.763. The minimum Gasteiger partial charge on any atom is -0.477 e. The molecule has 0 radical (unpaired) electrons. The lowest BCUT2D eigenvalue weighted by atomic mass is 10.3. The number of halogens is 1. The molecule has 1 unspecified atom stereocenters. The van der Waals surface area contributed by atoms with Crippen LogP contribution >= 0.6 is 15.9 Å². The van der Waals surface area contributed by atoms with Crippen molar-refractivity contribution in [2.45, 2.75) is 25.1 Å². The van der Waals surface area contributed by atoms with Gasteiger partial charge in [0.25, 0.3) is 0 Å². The van der Waals surface area contributed by atoms with Gasteiger partial charge in [0.2, 0.25) is 5.88 Å². The molecule has 0 aliphatic rings. The number of nitrogens with zero attached hydrogens (tertiary/aromatic N) is 2. The van der Waals surface area contributed by atoms with E-state index in [9.17, 15) is 0 Å². The average Bonchev–Trinajstić information content (AvgIpc) is 2.04. The number of alkyl halides is 1. The number of rotatable bonds is 4. The van der Waals surface area contributed by atoms with E-state index in [-0.39, 0.29) is 0 Å². The van der Waals surface area contributed by atoms with Crippen molar-refractivity contribution in [2.24, 2.45) is 0 Å². The highest BCUT2D eigenvalue weighted by atomic mass is 79.9. The molecule has 0 bridgehead atoms. The van der Waals surface area contributed by atoms with Gasteiger partial charge in [-0.15, -0.1) is 0 Å². The minimum atomic E-state index is 0.415. The molecule has 1 rings (SSSR count). The molecule has 4 heteroatoms. The maximum absolute atomic E-state index is 5.24. The molecule has 0 N–H and O–H groups in total. The number of hydrogen-bond donors (Lipinski definition) is 0. The van der Waals surface area contributed by atoms with Crippen LogP contribution in [-0.2, 0) is 6.42 Å². The normalized spacial score (nSPS) is 12.5. The summed E-state index contributed by atoms with van der Waals surface area (Å²) in [6.45, 7) is 4.64. The first-order valence-electron chi connectivity index (χ1n) is 4.30. The second-order valence-corrected chi connectivity index (χ2v) is 4.33. The molecule has 13 heavy (non-hydrogen) atoms. The molecular formula is C9H13BrN2O. The third-order valence-electron chi connectivity index (χ3n) is 1.44. The van der Waals surface area contributed by atoms with Crippen LogP contribution in [0.25, 0.3) is 0 Å². The van der Waals surface area contributed by atoms with Crippen molar-refractivity contribution in [2.75, 3.05) is 6.61 Å². The van der Waals surface area contributed by atoms with Crippen molar-refractivity contribution in [3.05, 3.63) is 18.1 Å². The molecule has 0 aliphatic heterocycles. The largest absolute Gasteiger partial charge is 0.477 e. The van der Waals surface area contributed by atoms with Gasteiger partial charge in [0.05, 0.1) is 18.5 Å². The average molecular weight is 245 g/mol. The Morgan fingerprint density at radius 1 is 1.54 bits per heavy atom. The van der Waals surface area contributed by atoms with Gasteiger partial charge in [0, 0.05) is 17.4 Å². The molecule has 0 spiro atoms. The van der Waals surface area contributed by atoms with Crippen molar-refractivity contribution in [1.82, 2.24) is 9.97 Å². The molecule has 1 aromatic rings. The van der Waals surface area contributed by atoms with Crippen LogP contribution in [0.3, 0.4) is 0 Å². The second-order valence-electron chi connectivity index (χ2n) is 2.77. The number of aromatic nitrogens is 2. The van der Waals surface area contributed by atoms with Crippen LogP contribution < -0.4 is 4.74 Å². The summed E-state index contributed by atoms with van der Waals surface area (Å²) in [6.07, 6.45) is 4.26. The summed E-state index contributed by atoms with van der Waals surface area (Å²) < 4.78 is 5.24. The Labute approximate surface area is 86.7 Å². The van der Waals surface area contributed by atoms with E-state index in [2.05, 4.69) is 32.8 Å². The molecule has 0 saturated carbocycles. The lowest BCUT2D eigenvalue weighted by molar-refractivity contribution is 0.324. The second kappa shape index (κ2) is 5.17. The van der Waals surface area contributed by atoms with E-state index in [0.717, 1.165) is 12.1 Å². The van der Waals surface area contributed by atoms with Crippen LogP contribution in [0, 0.1) is 0 Å². The van der Waals surface area contributed by atoms with Gasteiger partial charge >= 0.3 is 0 Å². The van der Waals surface area contributed by atoms with Crippen molar-refractivity contribution >= 4 is 15.9 Å². The van der Waals surface area contributed by atoms with Crippen molar-refractivity contribution in [1.29, 1.82) is 0 Å². The van der Waals surface area contributed by atoms with Crippen LogP contribution in [0.4, 0.5) is 0 Å². The van der Waals surface area contributed by atoms with E-state index in [1.807, 2.05) is 6.92 Å². The highest BCUT2D eigenvalue weighted by molar-refractivity contribution is 9.09. The maximum atomic E-state index is 5.24. The smallest absolute Gasteiger partial charge is 0.232 e. The first kappa shape index (κ1) is 10.4. The fourth-order valence-electron chi connectivity index (χ4n) is 0.990. The van der Waals surface area contributed by atoms with Crippen molar-refractivity contribution in [3.8, 4) is 5.88 Å². The summed E-state index contributed by atoms with van der Waals surface area (Å²) in [5, 5.41) is 0. The first-order chi connectivity index (χ1) is 6.22. The summed E-state index contributed by atoms with van der Waals surface area (Å²) in [5.41, 5.74) is 0.954. The maximum Gasteiger partial charge on any atom is 0.232 e. The van der Waals surface area contributed by atoms with E-state index >= 15 is 0 Å². The predicted molar refractivity (Wildman–Crippen MR) is 55.3 cm³/mol. The van der Waals surface area contributed by atoms with Gasteiger partial charge in [-0.1, -0.05) is 22.9 Å². The van der Waals surface area contributed by atoms with E-state index in [0.29, 0.717) is 17.3 Å². The van der Waals surface area contributed by atoms with E-state index < -0.39 is 0 Å². The third-order valence-corrected chi connectivity index (χ3v) is 1.77. The topological polar surface area (TPSA) is 35.0 Å². The van der Waals surface area contributed by atoms with Gasteiger partial charge < -0.3 is 4.74 Å². The zero-order valence-corrected chi connectivity index (χ0v) is 9.41. The van der Waals surface area contributed by atoms with E-state index in [4.69, 9.17) is 4.74 Å². The molecular weight excluding hydrogens is 232 g/mol. The Bertz CT molecular complexity index is 266. The molecule has 1 aromatic heterocycles. The van der Waals surface area contributed by atoms with Crippen LogP contribution in [0.1, 0.15) is 19.5 Å². The highest BCUT2D eigenvalue weighted by Gasteiger charge is 2.02. The van der Waals surface area contributed by atoms with Gasteiger partial charge in [-0.05, 0) is 6.92 Å². The predicted octanol–water partition coefficient (Wildman–Crippen LogP) is 2.20. The Kier molecular flexibility index (Phi) is 4.15. The zero-order chi connectivity index (χ0) is 9.68. The minimum absolute atomic E-state index is 0.415. The Balaban J connectivity index is 2.67. The molecule has 72 valence electrons. The molecule has 1 atom stereocenters. The van der Waals surface area contributed by atoms with Crippen LogP contribution in [0.2, 0.25) is 0 Å².